The Morgan fingerprint density at radius 3 is 2.32 bits per heavy atom. The van der Waals surface area contributed by atoms with Crippen LogP contribution in [-0.4, -0.2) is 11.0 Å². The normalized spacial score (nSPS) is 14.9. The van der Waals surface area contributed by atoms with Crippen LogP contribution in [0.25, 0.3) is 0 Å². The first-order chi connectivity index (χ1) is 13.3. The van der Waals surface area contributed by atoms with Crippen molar-refractivity contribution in [3.63, 3.8) is 0 Å². The lowest BCUT2D eigenvalue weighted by Crippen LogP contribution is -2.24. The molecule has 0 bridgehead atoms. The Morgan fingerprint density at radius 2 is 1.71 bits per heavy atom. The van der Waals surface area contributed by atoms with Crippen molar-refractivity contribution in [2.75, 3.05) is 5.32 Å². The van der Waals surface area contributed by atoms with E-state index in [4.69, 9.17) is 4.74 Å². The number of aryl methyl sites for hydroxylation is 2. The van der Waals surface area contributed by atoms with E-state index in [0.29, 0.717) is 5.75 Å². The molecule has 2 aromatic carbocycles. The summed E-state index contributed by atoms with van der Waals surface area (Å²) in [4.78, 5) is 12.5. The first-order valence-electron chi connectivity index (χ1n) is 10.3. The lowest BCUT2D eigenvalue weighted by molar-refractivity contribution is -0.120. The Bertz CT molecular complexity index is 828. The molecule has 3 rings (SSSR count). The summed E-state index contributed by atoms with van der Waals surface area (Å²) in [7, 11) is 0. The Morgan fingerprint density at radius 1 is 1.07 bits per heavy atom. The number of aromatic hydroxyl groups is 1. The molecule has 2 aromatic rings. The second-order valence-electron chi connectivity index (χ2n) is 8.24. The van der Waals surface area contributed by atoms with Gasteiger partial charge in [0.1, 0.15) is 17.2 Å². The van der Waals surface area contributed by atoms with E-state index in [2.05, 4.69) is 5.32 Å². The molecular formula is C24H31NO3. The fourth-order valence-electron chi connectivity index (χ4n) is 3.97. The molecule has 1 saturated carbocycles. The minimum absolute atomic E-state index is 0.132. The first-order valence-corrected chi connectivity index (χ1v) is 10.3. The molecular weight excluding hydrogens is 350 g/mol. The van der Waals surface area contributed by atoms with E-state index in [9.17, 15) is 9.90 Å². The van der Waals surface area contributed by atoms with Gasteiger partial charge in [-0.15, -0.1) is 0 Å². The minimum atomic E-state index is 0.132. The summed E-state index contributed by atoms with van der Waals surface area (Å²) in [6.45, 7) is 8.06. The third-order valence-electron chi connectivity index (χ3n) is 5.54. The second-order valence-corrected chi connectivity index (χ2v) is 8.24. The zero-order valence-corrected chi connectivity index (χ0v) is 17.3. The lowest BCUT2D eigenvalue weighted by atomic mass is 9.88. The van der Waals surface area contributed by atoms with Gasteiger partial charge in [-0.3, -0.25) is 4.79 Å². The number of rotatable bonds is 5. The van der Waals surface area contributed by atoms with Gasteiger partial charge < -0.3 is 15.2 Å². The summed E-state index contributed by atoms with van der Waals surface area (Å²) in [5.74, 6) is 2.26. The molecule has 2 N–H and O–H groups in total. The Kier molecular flexibility index (Phi) is 6.28. The summed E-state index contributed by atoms with van der Waals surface area (Å²) < 4.78 is 6.14. The Hall–Kier alpha value is -2.49. The highest BCUT2D eigenvalue weighted by atomic mass is 16.5. The number of amides is 1. The third-order valence-corrected chi connectivity index (χ3v) is 5.54. The van der Waals surface area contributed by atoms with Crippen molar-refractivity contribution in [1.82, 2.24) is 0 Å². The maximum absolute atomic E-state index is 12.5. The number of phenolic OH excluding ortho intramolecular Hbond substituents is 1. The average Bonchev–Trinajstić information content (AvgIpc) is 2.66. The second kappa shape index (κ2) is 8.68. The predicted octanol–water partition coefficient (Wildman–Crippen LogP) is 6.44. The summed E-state index contributed by atoms with van der Waals surface area (Å²) in [6.07, 6.45) is 5.51. The molecule has 1 amide bonds. The van der Waals surface area contributed by atoms with Gasteiger partial charge in [0.15, 0.2) is 0 Å². The van der Waals surface area contributed by atoms with E-state index in [0.717, 1.165) is 53.8 Å². The number of anilines is 1. The molecule has 4 nitrogen and oxygen atoms in total. The first kappa shape index (κ1) is 20.2. The van der Waals surface area contributed by atoms with Crippen LogP contribution in [-0.2, 0) is 4.79 Å². The molecule has 0 aliphatic heterocycles. The Labute approximate surface area is 167 Å². The van der Waals surface area contributed by atoms with Crippen molar-refractivity contribution in [3.8, 4) is 17.2 Å². The third kappa shape index (κ3) is 4.67. The molecule has 0 aromatic heterocycles. The molecule has 28 heavy (non-hydrogen) atoms. The van der Waals surface area contributed by atoms with Crippen LogP contribution in [0.3, 0.4) is 0 Å². The van der Waals surface area contributed by atoms with Gasteiger partial charge in [0, 0.05) is 17.2 Å². The summed E-state index contributed by atoms with van der Waals surface area (Å²) in [5, 5.41) is 13.1. The SMILES string of the molecule is Cc1cc(NC(=O)C2CCCCC2)cc(C)c1Oc1ccc(O)c(C(C)C)c1. The van der Waals surface area contributed by atoms with Gasteiger partial charge in [-0.1, -0.05) is 33.1 Å². The number of hydrogen-bond acceptors (Lipinski definition) is 3. The van der Waals surface area contributed by atoms with Gasteiger partial charge in [-0.25, -0.2) is 0 Å². The van der Waals surface area contributed by atoms with Crippen LogP contribution in [0.4, 0.5) is 5.69 Å². The van der Waals surface area contributed by atoms with Crippen LogP contribution >= 0.6 is 0 Å². The molecule has 1 fully saturated rings. The van der Waals surface area contributed by atoms with Crippen molar-refractivity contribution >= 4 is 11.6 Å². The van der Waals surface area contributed by atoms with Gasteiger partial charge in [-0.2, -0.15) is 0 Å². The van der Waals surface area contributed by atoms with Crippen molar-refractivity contribution in [1.29, 1.82) is 0 Å². The molecule has 0 unspecified atom stereocenters. The van der Waals surface area contributed by atoms with Gasteiger partial charge >= 0.3 is 0 Å². The molecule has 0 heterocycles. The molecule has 150 valence electrons. The topological polar surface area (TPSA) is 58.6 Å². The van der Waals surface area contributed by atoms with E-state index in [1.165, 1.54) is 6.42 Å². The van der Waals surface area contributed by atoms with Crippen LogP contribution in [0.2, 0.25) is 0 Å². The van der Waals surface area contributed by atoms with Crippen molar-refractivity contribution < 1.29 is 14.6 Å². The van der Waals surface area contributed by atoms with E-state index < -0.39 is 0 Å². The van der Waals surface area contributed by atoms with Gasteiger partial charge in [-0.05, 0) is 74.1 Å². The molecule has 0 saturated heterocycles. The number of carbonyl (C=O) groups is 1. The standard InChI is InChI=1S/C24H31NO3/c1-15(2)21-14-20(10-11-22(21)26)28-23-16(3)12-19(13-17(23)4)25-24(27)18-8-6-5-7-9-18/h10-15,18,26H,5-9H2,1-4H3,(H,25,27). The number of carbonyl (C=O) groups excluding carboxylic acids is 1. The van der Waals surface area contributed by atoms with Crippen LogP contribution in [0.1, 0.15) is 68.6 Å². The smallest absolute Gasteiger partial charge is 0.227 e. The summed E-state index contributed by atoms with van der Waals surface area (Å²) in [5.41, 5.74) is 3.63. The highest BCUT2D eigenvalue weighted by Gasteiger charge is 2.21. The molecule has 0 radical (unpaired) electrons. The fraction of sp³-hybridized carbons (Fsp3) is 0.458. The largest absolute Gasteiger partial charge is 0.508 e. The van der Waals surface area contributed by atoms with E-state index >= 15 is 0 Å². The summed E-state index contributed by atoms with van der Waals surface area (Å²) in [6, 6.07) is 9.27. The fourth-order valence-corrected chi connectivity index (χ4v) is 3.97. The number of nitrogens with one attached hydrogen (secondary N) is 1. The summed E-state index contributed by atoms with van der Waals surface area (Å²) >= 11 is 0. The highest BCUT2D eigenvalue weighted by molar-refractivity contribution is 5.93. The predicted molar refractivity (Wildman–Crippen MR) is 113 cm³/mol. The highest BCUT2D eigenvalue weighted by Crippen LogP contribution is 2.35. The number of ether oxygens (including phenoxy) is 1. The van der Waals surface area contributed by atoms with E-state index in [-0.39, 0.29) is 23.5 Å². The van der Waals surface area contributed by atoms with Crippen molar-refractivity contribution in [2.45, 2.75) is 65.7 Å². The minimum Gasteiger partial charge on any atom is -0.508 e. The molecule has 0 atom stereocenters. The quantitative estimate of drug-likeness (QED) is 0.626. The molecule has 1 aliphatic rings. The van der Waals surface area contributed by atoms with Crippen LogP contribution in [0, 0.1) is 19.8 Å². The zero-order chi connectivity index (χ0) is 20.3. The molecule has 0 spiro atoms. The van der Waals surface area contributed by atoms with Crippen LogP contribution < -0.4 is 10.1 Å². The van der Waals surface area contributed by atoms with Crippen molar-refractivity contribution in [2.24, 2.45) is 5.92 Å². The van der Waals surface area contributed by atoms with Crippen LogP contribution in [0.15, 0.2) is 30.3 Å². The number of benzene rings is 2. The average molecular weight is 382 g/mol. The molecule has 4 heteroatoms. The van der Waals surface area contributed by atoms with E-state index in [1.54, 1.807) is 12.1 Å². The Balaban J connectivity index is 1.77. The van der Waals surface area contributed by atoms with Gasteiger partial charge in [0.25, 0.3) is 0 Å². The maximum Gasteiger partial charge on any atom is 0.227 e. The van der Waals surface area contributed by atoms with E-state index in [1.807, 2.05) is 45.9 Å². The zero-order valence-electron chi connectivity index (χ0n) is 17.3. The maximum atomic E-state index is 12.5. The van der Waals surface area contributed by atoms with Crippen molar-refractivity contribution in [3.05, 3.63) is 47.0 Å². The van der Waals surface area contributed by atoms with Gasteiger partial charge in [0.05, 0.1) is 0 Å². The monoisotopic (exact) mass is 381 g/mol. The van der Waals surface area contributed by atoms with Crippen LogP contribution in [0.5, 0.6) is 17.2 Å². The lowest BCUT2D eigenvalue weighted by Gasteiger charge is -2.21. The number of hydrogen-bond donors (Lipinski definition) is 2. The number of phenols is 1. The van der Waals surface area contributed by atoms with Gasteiger partial charge in [0.2, 0.25) is 5.91 Å². The molecule has 1 aliphatic carbocycles.